The predicted octanol–water partition coefficient (Wildman–Crippen LogP) is 3.45. The fraction of sp³-hybridized carbons (Fsp3) is 0.318. The van der Waals surface area contributed by atoms with Crippen molar-refractivity contribution in [2.45, 2.75) is 32.7 Å². The lowest BCUT2D eigenvalue weighted by Crippen LogP contribution is -2.35. The lowest BCUT2D eigenvalue weighted by molar-refractivity contribution is -0.130. The molecule has 5 heteroatoms. The fourth-order valence-corrected chi connectivity index (χ4v) is 3.21. The second kappa shape index (κ2) is 7.74. The number of amides is 3. The van der Waals surface area contributed by atoms with E-state index in [2.05, 4.69) is 26.0 Å². The molecule has 0 saturated heterocycles. The van der Waals surface area contributed by atoms with Crippen molar-refractivity contribution in [2.24, 2.45) is 0 Å². The average molecular weight is 364 g/mol. The first kappa shape index (κ1) is 18.8. The Morgan fingerprint density at radius 1 is 0.963 bits per heavy atom. The molecule has 1 aliphatic rings. The van der Waals surface area contributed by atoms with Gasteiger partial charge in [-0.2, -0.15) is 0 Å². The Hall–Kier alpha value is -2.95. The van der Waals surface area contributed by atoms with Crippen molar-refractivity contribution < 1.29 is 14.4 Å². The molecule has 0 spiro atoms. The van der Waals surface area contributed by atoms with E-state index in [0.29, 0.717) is 23.6 Å². The molecule has 1 heterocycles. The normalized spacial score (nSPS) is 13.3. The number of rotatable bonds is 6. The molecule has 0 N–H and O–H groups in total. The maximum absolute atomic E-state index is 12.4. The van der Waals surface area contributed by atoms with Crippen LogP contribution in [0.2, 0.25) is 0 Å². The third kappa shape index (κ3) is 3.92. The molecule has 0 unspecified atom stereocenters. The smallest absolute Gasteiger partial charge is 0.261 e. The van der Waals surface area contributed by atoms with Crippen LogP contribution >= 0.6 is 0 Å². The Bertz CT molecular complexity index is 836. The molecule has 27 heavy (non-hydrogen) atoms. The zero-order chi connectivity index (χ0) is 19.6. The summed E-state index contributed by atoms with van der Waals surface area (Å²) in [5.74, 6) is -0.275. The summed E-state index contributed by atoms with van der Waals surface area (Å²) in [6.45, 7) is 4.88. The summed E-state index contributed by atoms with van der Waals surface area (Å²) < 4.78 is 0. The molecule has 0 aliphatic carbocycles. The molecule has 5 nitrogen and oxygen atoms in total. The maximum Gasteiger partial charge on any atom is 0.261 e. The SMILES string of the molecule is CC(C)c1ccc(CN(C)C(=O)CCN2C(=O)c3ccccc3C2=O)cc1. The van der Waals surface area contributed by atoms with Crippen molar-refractivity contribution >= 4 is 17.7 Å². The molecular formula is C22H24N2O3. The van der Waals surface area contributed by atoms with E-state index >= 15 is 0 Å². The molecule has 1 aliphatic heterocycles. The summed E-state index contributed by atoms with van der Waals surface area (Å²) in [7, 11) is 1.74. The van der Waals surface area contributed by atoms with Crippen LogP contribution in [0.15, 0.2) is 48.5 Å². The number of hydrogen-bond donors (Lipinski definition) is 0. The monoisotopic (exact) mass is 364 g/mol. The van der Waals surface area contributed by atoms with Crippen LogP contribution in [-0.2, 0) is 11.3 Å². The van der Waals surface area contributed by atoms with Gasteiger partial charge >= 0.3 is 0 Å². The summed E-state index contributed by atoms with van der Waals surface area (Å²) in [4.78, 5) is 39.9. The fourth-order valence-electron chi connectivity index (χ4n) is 3.21. The van der Waals surface area contributed by atoms with E-state index in [1.54, 1.807) is 36.2 Å². The molecule has 3 rings (SSSR count). The second-order valence-electron chi connectivity index (χ2n) is 7.20. The van der Waals surface area contributed by atoms with E-state index in [4.69, 9.17) is 0 Å². The number of nitrogens with zero attached hydrogens (tertiary/aromatic N) is 2. The van der Waals surface area contributed by atoms with E-state index in [1.165, 1.54) is 5.56 Å². The van der Waals surface area contributed by atoms with Crippen LogP contribution < -0.4 is 0 Å². The third-order valence-electron chi connectivity index (χ3n) is 4.92. The van der Waals surface area contributed by atoms with Crippen LogP contribution in [0.3, 0.4) is 0 Å². The van der Waals surface area contributed by atoms with Crippen LogP contribution in [-0.4, -0.2) is 41.1 Å². The first-order valence-corrected chi connectivity index (χ1v) is 9.16. The van der Waals surface area contributed by atoms with Crippen molar-refractivity contribution in [1.82, 2.24) is 9.80 Å². The molecule has 0 atom stereocenters. The zero-order valence-corrected chi connectivity index (χ0v) is 15.9. The van der Waals surface area contributed by atoms with Crippen molar-refractivity contribution in [2.75, 3.05) is 13.6 Å². The number of benzene rings is 2. The van der Waals surface area contributed by atoms with Crippen LogP contribution in [0.25, 0.3) is 0 Å². The van der Waals surface area contributed by atoms with E-state index in [-0.39, 0.29) is 30.7 Å². The Labute approximate surface area is 159 Å². The molecule has 2 aromatic rings. The molecular weight excluding hydrogens is 340 g/mol. The van der Waals surface area contributed by atoms with Crippen molar-refractivity contribution in [3.63, 3.8) is 0 Å². The molecule has 0 fully saturated rings. The number of hydrogen-bond acceptors (Lipinski definition) is 3. The Balaban J connectivity index is 1.56. The van der Waals surface area contributed by atoms with Gasteiger partial charge in [0, 0.05) is 26.6 Å². The van der Waals surface area contributed by atoms with Crippen LogP contribution in [0.1, 0.15) is 58.0 Å². The topological polar surface area (TPSA) is 57.7 Å². The van der Waals surface area contributed by atoms with Crippen LogP contribution in [0.4, 0.5) is 0 Å². The van der Waals surface area contributed by atoms with Crippen LogP contribution in [0, 0.1) is 0 Å². The lowest BCUT2D eigenvalue weighted by atomic mass is 10.0. The molecule has 0 bridgehead atoms. The molecule has 0 radical (unpaired) electrons. The van der Waals surface area contributed by atoms with Gasteiger partial charge < -0.3 is 4.90 Å². The molecule has 3 amide bonds. The van der Waals surface area contributed by atoms with Crippen molar-refractivity contribution in [3.05, 3.63) is 70.8 Å². The highest BCUT2D eigenvalue weighted by molar-refractivity contribution is 6.21. The van der Waals surface area contributed by atoms with Gasteiger partial charge in [-0.3, -0.25) is 19.3 Å². The van der Waals surface area contributed by atoms with E-state index in [0.717, 1.165) is 10.5 Å². The van der Waals surface area contributed by atoms with Gasteiger partial charge in [-0.1, -0.05) is 50.2 Å². The minimum atomic E-state index is -0.324. The molecule has 140 valence electrons. The Kier molecular flexibility index (Phi) is 5.40. The number of carbonyl (C=O) groups excluding carboxylic acids is 3. The largest absolute Gasteiger partial charge is 0.341 e. The first-order valence-electron chi connectivity index (χ1n) is 9.16. The van der Waals surface area contributed by atoms with E-state index < -0.39 is 0 Å². The van der Waals surface area contributed by atoms with Crippen molar-refractivity contribution in [3.8, 4) is 0 Å². The minimum absolute atomic E-state index is 0.0977. The molecule has 2 aromatic carbocycles. The summed E-state index contributed by atoms with van der Waals surface area (Å²) in [5, 5.41) is 0. The summed E-state index contributed by atoms with van der Waals surface area (Å²) in [5.41, 5.74) is 3.14. The quantitative estimate of drug-likeness (QED) is 0.738. The minimum Gasteiger partial charge on any atom is -0.341 e. The van der Waals surface area contributed by atoms with Gasteiger partial charge in [0.05, 0.1) is 11.1 Å². The second-order valence-corrected chi connectivity index (χ2v) is 7.20. The Morgan fingerprint density at radius 2 is 1.52 bits per heavy atom. The standard InChI is InChI=1S/C22H24N2O3/c1-15(2)17-10-8-16(9-11-17)14-23(3)20(25)12-13-24-21(26)18-6-4-5-7-19(18)22(24)27/h4-11,15H,12-14H2,1-3H3. The van der Waals surface area contributed by atoms with Gasteiger partial charge in [-0.15, -0.1) is 0 Å². The van der Waals surface area contributed by atoms with E-state index in [9.17, 15) is 14.4 Å². The van der Waals surface area contributed by atoms with Gasteiger partial charge in [0.15, 0.2) is 0 Å². The summed E-state index contributed by atoms with van der Waals surface area (Å²) >= 11 is 0. The number of carbonyl (C=O) groups is 3. The highest BCUT2D eigenvalue weighted by atomic mass is 16.2. The average Bonchev–Trinajstić information content (AvgIpc) is 2.91. The predicted molar refractivity (Wildman–Crippen MR) is 103 cm³/mol. The van der Waals surface area contributed by atoms with Crippen LogP contribution in [0.5, 0.6) is 0 Å². The third-order valence-corrected chi connectivity index (χ3v) is 4.92. The van der Waals surface area contributed by atoms with Gasteiger partial charge in [-0.25, -0.2) is 0 Å². The van der Waals surface area contributed by atoms with Gasteiger partial charge in [-0.05, 0) is 29.2 Å². The zero-order valence-electron chi connectivity index (χ0n) is 15.9. The maximum atomic E-state index is 12.4. The molecule has 0 saturated carbocycles. The molecule has 0 aromatic heterocycles. The lowest BCUT2D eigenvalue weighted by Gasteiger charge is -2.20. The van der Waals surface area contributed by atoms with Gasteiger partial charge in [0.2, 0.25) is 5.91 Å². The van der Waals surface area contributed by atoms with Gasteiger partial charge in [0.25, 0.3) is 11.8 Å². The van der Waals surface area contributed by atoms with E-state index in [1.807, 2.05) is 12.1 Å². The number of fused-ring (bicyclic) bond motifs is 1. The van der Waals surface area contributed by atoms with Gasteiger partial charge in [0.1, 0.15) is 0 Å². The Morgan fingerprint density at radius 3 is 2.04 bits per heavy atom. The summed E-state index contributed by atoms with van der Waals surface area (Å²) in [6.07, 6.45) is 0.117. The summed E-state index contributed by atoms with van der Waals surface area (Å²) in [6, 6.07) is 15.0. The number of imide groups is 1. The first-order chi connectivity index (χ1) is 12.9. The highest BCUT2D eigenvalue weighted by Crippen LogP contribution is 2.22. The highest BCUT2D eigenvalue weighted by Gasteiger charge is 2.35. The van der Waals surface area contributed by atoms with Crippen molar-refractivity contribution in [1.29, 1.82) is 0 Å².